The fraction of sp³-hybridized carbons (Fsp3) is 0.294. The van der Waals surface area contributed by atoms with Gasteiger partial charge in [0, 0.05) is 11.5 Å². The number of benzene rings is 4. The Hall–Kier alpha value is -3.97. The third kappa shape index (κ3) is 6.35. The van der Waals surface area contributed by atoms with E-state index in [1.165, 1.54) is 28.5 Å². The molecule has 0 unspecified atom stereocenters. The first kappa shape index (κ1) is 28.6. The fourth-order valence-corrected chi connectivity index (χ4v) is 6.57. The Bertz CT molecular complexity index is 1660. The Labute approximate surface area is 242 Å². The summed E-state index contributed by atoms with van der Waals surface area (Å²) >= 11 is 0. The number of rotatable bonds is 8. The van der Waals surface area contributed by atoms with E-state index in [2.05, 4.69) is 54.1 Å². The molecule has 0 aromatic heterocycles. The molecule has 0 spiro atoms. The molecule has 0 amide bonds. The molecular weight excluding hydrogens is 532 g/mol. The monoisotopic (exact) mass is 568 g/mol. The van der Waals surface area contributed by atoms with Crippen molar-refractivity contribution in [1.82, 2.24) is 4.83 Å². The van der Waals surface area contributed by atoms with Crippen molar-refractivity contribution < 1.29 is 17.9 Å². The van der Waals surface area contributed by atoms with Gasteiger partial charge in [-0.15, -0.1) is 0 Å². The zero-order chi connectivity index (χ0) is 29.0. The second-order valence-corrected chi connectivity index (χ2v) is 13.0. The second kappa shape index (κ2) is 11.9. The number of sulfonamides is 1. The van der Waals surface area contributed by atoms with E-state index in [1.807, 2.05) is 25.1 Å². The number of nitrogens with zero attached hydrogens (tertiary/aromatic N) is 1. The normalized spacial score (nSPS) is 18.2. The third-order valence-corrected chi connectivity index (χ3v) is 9.46. The third-order valence-electron chi connectivity index (χ3n) is 8.23. The van der Waals surface area contributed by atoms with Crippen LogP contribution in [0, 0.1) is 12.8 Å². The first-order chi connectivity index (χ1) is 19.6. The van der Waals surface area contributed by atoms with Crippen molar-refractivity contribution >= 4 is 32.5 Å². The Kier molecular flexibility index (Phi) is 8.27. The van der Waals surface area contributed by atoms with E-state index < -0.39 is 16.0 Å². The van der Waals surface area contributed by atoms with Gasteiger partial charge in [-0.25, -0.2) is 4.79 Å². The molecule has 0 aliphatic heterocycles. The molecule has 0 bridgehead atoms. The van der Waals surface area contributed by atoms with Crippen molar-refractivity contribution in [2.45, 2.75) is 62.9 Å². The van der Waals surface area contributed by atoms with Gasteiger partial charge in [-0.1, -0.05) is 111 Å². The number of hydrogen-bond acceptors (Lipinski definition) is 5. The zero-order valence-corrected chi connectivity index (χ0v) is 24.5. The van der Waals surface area contributed by atoms with Gasteiger partial charge in [-0.05, 0) is 60.1 Å². The molecule has 0 heterocycles. The van der Waals surface area contributed by atoms with Gasteiger partial charge in [0.2, 0.25) is 0 Å². The molecular formula is C34H36N2O4S. The Morgan fingerprint density at radius 1 is 0.854 bits per heavy atom. The molecule has 1 saturated carbocycles. The van der Waals surface area contributed by atoms with Crippen molar-refractivity contribution in [3.8, 4) is 0 Å². The van der Waals surface area contributed by atoms with Gasteiger partial charge < -0.3 is 4.74 Å². The smallest absolute Gasteiger partial charge is 0.359 e. The number of carbonyl (C=O) groups is 1. The molecule has 1 N–H and O–H groups in total. The van der Waals surface area contributed by atoms with Crippen LogP contribution in [0.2, 0.25) is 0 Å². The lowest BCUT2D eigenvalue weighted by Gasteiger charge is -2.42. The number of aryl methyl sites for hydroxylation is 1. The summed E-state index contributed by atoms with van der Waals surface area (Å²) < 4.78 is 32.1. The highest BCUT2D eigenvalue weighted by Crippen LogP contribution is 2.43. The van der Waals surface area contributed by atoms with Gasteiger partial charge >= 0.3 is 5.97 Å². The van der Waals surface area contributed by atoms with Gasteiger partial charge in [0.1, 0.15) is 6.10 Å². The Morgan fingerprint density at radius 2 is 1.51 bits per heavy atom. The molecule has 5 rings (SSSR count). The first-order valence-electron chi connectivity index (χ1n) is 14.1. The molecule has 41 heavy (non-hydrogen) atoms. The summed E-state index contributed by atoms with van der Waals surface area (Å²) in [5.74, 6) is -0.559. The van der Waals surface area contributed by atoms with Crippen LogP contribution in [0.1, 0.15) is 56.2 Å². The standard InChI is InChI=1S/C34H36N2O4S/c1-24-17-21-29(22-18-24)41(38,39)36-35-32(26-12-5-4-6-13-26)33(37)40-31-16-10-9-15-30(31)34(2,3)28-20-19-25-11-7-8-14-27(25)23-28/h4-8,11-14,17-23,30-31,36H,9-10,15-16H2,1-3H3/b35-32+/t30-,31-/m1/s1. The van der Waals surface area contributed by atoms with Crippen molar-refractivity contribution in [2.24, 2.45) is 11.0 Å². The van der Waals surface area contributed by atoms with Gasteiger partial charge in [-0.2, -0.15) is 18.4 Å². The van der Waals surface area contributed by atoms with E-state index in [4.69, 9.17) is 4.74 Å². The topological polar surface area (TPSA) is 84.8 Å². The molecule has 0 saturated heterocycles. The predicted octanol–water partition coefficient (Wildman–Crippen LogP) is 6.91. The average Bonchev–Trinajstić information content (AvgIpc) is 2.98. The lowest BCUT2D eigenvalue weighted by Crippen LogP contribution is -2.43. The molecule has 0 radical (unpaired) electrons. The minimum atomic E-state index is -3.98. The van der Waals surface area contributed by atoms with Crippen molar-refractivity contribution in [2.75, 3.05) is 0 Å². The molecule has 6 nitrogen and oxygen atoms in total. The van der Waals surface area contributed by atoms with Crippen LogP contribution in [0.3, 0.4) is 0 Å². The van der Waals surface area contributed by atoms with Crippen LogP contribution in [0.25, 0.3) is 10.8 Å². The van der Waals surface area contributed by atoms with Crippen molar-refractivity contribution in [3.63, 3.8) is 0 Å². The van der Waals surface area contributed by atoms with E-state index in [9.17, 15) is 13.2 Å². The summed E-state index contributed by atoms with van der Waals surface area (Å²) in [4.78, 5) is 16.0. The van der Waals surface area contributed by atoms with Crippen molar-refractivity contribution in [1.29, 1.82) is 0 Å². The summed E-state index contributed by atoms with van der Waals surface area (Å²) in [5, 5.41) is 6.49. The van der Waals surface area contributed by atoms with Crippen molar-refractivity contribution in [3.05, 3.63) is 114 Å². The van der Waals surface area contributed by atoms with Crippen LogP contribution in [0.4, 0.5) is 0 Å². The summed E-state index contributed by atoms with van der Waals surface area (Å²) in [6.07, 6.45) is 3.35. The second-order valence-electron chi connectivity index (χ2n) is 11.4. The minimum Gasteiger partial charge on any atom is -0.457 e. The largest absolute Gasteiger partial charge is 0.457 e. The van der Waals surface area contributed by atoms with Gasteiger partial charge in [0.25, 0.3) is 10.0 Å². The molecule has 7 heteroatoms. The van der Waals surface area contributed by atoms with Gasteiger partial charge in [0.15, 0.2) is 5.71 Å². The number of carbonyl (C=O) groups excluding carboxylic acids is 1. The minimum absolute atomic E-state index is 0.0668. The summed E-state index contributed by atoms with van der Waals surface area (Å²) in [7, 11) is -3.98. The van der Waals surface area contributed by atoms with Crippen LogP contribution >= 0.6 is 0 Å². The number of fused-ring (bicyclic) bond motifs is 1. The quantitative estimate of drug-likeness (QED) is 0.142. The predicted molar refractivity (Wildman–Crippen MR) is 163 cm³/mol. The molecule has 1 aliphatic carbocycles. The molecule has 1 fully saturated rings. The highest BCUT2D eigenvalue weighted by molar-refractivity contribution is 7.89. The lowest BCUT2D eigenvalue weighted by molar-refractivity contribution is -0.146. The van der Waals surface area contributed by atoms with E-state index >= 15 is 0 Å². The molecule has 2 atom stereocenters. The number of nitrogens with one attached hydrogen (secondary N) is 1. The van der Waals surface area contributed by atoms with E-state index in [1.54, 1.807) is 36.4 Å². The first-order valence-corrected chi connectivity index (χ1v) is 15.6. The Morgan fingerprint density at radius 3 is 2.24 bits per heavy atom. The maximum absolute atomic E-state index is 13.7. The maximum Gasteiger partial charge on any atom is 0.359 e. The van der Waals surface area contributed by atoms with E-state index in [0.29, 0.717) is 5.56 Å². The summed E-state index contributed by atoms with van der Waals surface area (Å²) in [6.45, 7) is 6.32. The van der Waals surface area contributed by atoms with Crippen LogP contribution in [-0.2, 0) is 25.0 Å². The van der Waals surface area contributed by atoms with E-state index in [-0.39, 0.29) is 28.0 Å². The SMILES string of the molecule is Cc1ccc(S(=O)(=O)N/N=C(/C(=O)O[C@@H]2CCCC[C@H]2C(C)(C)c2ccc3ccccc3c2)c2ccccc2)cc1. The number of hydrogen-bond donors (Lipinski definition) is 1. The lowest BCUT2D eigenvalue weighted by atomic mass is 9.66. The molecule has 212 valence electrons. The number of hydrazone groups is 1. The maximum atomic E-state index is 13.7. The molecule has 4 aromatic rings. The number of ether oxygens (including phenoxy) is 1. The number of esters is 1. The summed E-state index contributed by atoms with van der Waals surface area (Å²) in [5.41, 5.74) is 2.29. The summed E-state index contributed by atoms with van der Waals surface area (Å²) in [6, 6.07) is 30.1. The van der Waals surface area contributed by atoms with Crippen LogP contribution in [0.15, 0.2) is 107 Å². The zero-order valence-electron chi connectivity index (χ0n) is 23.7. The van der Waals surface area contributed by atoms with Crippen LogP contribution < -0.4 is 4.83 Å². The highest BCUT2D eigenvalue weighted by Gasteiger charge is 2.41. The average molecular weight is 569 g/mol. The Balaban J connectivity index is 1.42. The van der Waals surface area contributed by atoms with Gasteiger partial charge in [0.05, 0.1) is 4.90 Å². The highest BCUT2D eigenvalue weighted by atomic mass is 32.2. The van der Waals surface area contributed by atoms with E-state index in [0.717, 1.165) is 31.2 Å². The van der Waals surface area contributed by atoms with Crippen LogP contribution in [-0.4, -0.2) is 26.2 Å². The fourth-order valence-electron chi connectivity index (χ4n) is 5.76. The molecule has 4 aromatic carbocycles. The molecule has 1 aliphatic rings. The van der Waals surface area contributed by atoms with Crippen LogP contribution in [0.5, 0.6) is 0 Å². The van der Waals surface area contributed by atoms with Gasteiger partial charge in [-0.3, -0.25) is 0 Å².